The third kappa shape index (κ3) is 6.52. The van der Waals surface area contributed by atoms with E-state index < -0.39 is 11.6 Å². The van der Waals surface area contributed by atoms with Crippen molar-refractivity contribution in [1.29, 1.82) is 0 Å². The third-order valence-corrected chi connectivity index (χ3v) is 4.10. The molecule has 6 heteroatoms. The van der Waals surface area contributed by atoms with E-state index in [1.54, 1.807) is 11.1 Å². The number of hydrogen-bond acceptors (Lipinski definition) is 3. The van der Waals surface area contributed by atoms with Crippen molar-refractivity contribution in [2.75, 3.05) is 27.2 Å². The molecule has 1 heterocycles. The Kier molecular flexibility index (Phi) is 7.66. The van der Waals surface area contributed by atoms with E-state index in [-0.39, 0.29) is 12.5 Å². The highest BCUT2D eigenvalue weighted by Gasteiger charge is 2.16. The lowest BCUT2D eigenvalue weighted by Crippen LogP contribution is -2.36. The highest BCUT2D eigenvalue weighted by molar-refractivity contribution is 5.76. The lowest BCUT2D eigenvalue weighted by atomic mass is 10.1. The second-order valence-corrected chi connectivity index (χ2v) is 6.53. The molecule has 140 valence electrons. The summed E-state index contributed by atoms with van der Waals surface area (Å²) in [5, 5.41) is 0. The lowest BCUT2D eigenvalue weighted by Gasteiger charge is -2.25. The van der Waals surface area contributed by atoms with E-state index in [2.05, 4.69) is 4.98 Å². The van der Waals surface area contributed by atoms with E-state index in [1.165, 1.54) is 12.1 Å². The Morgan fingerprint density at radius 2 is 1.92 bits per heavy atom. The molecule has 0 fully saturated rings. The van der Waals surface area contributed by atoms with Gasteiger partial charge in [-0.2, -0.15) is 0 Å². The Morgan fingerprint density at radius 1 is 1.12 bits per heavy atom. The summed E-state index contributed by atoms with van der Waals surface area (Å²) in [6.45, 7) is 1.31. The number of aromatic nitrogens is 1. The largest absolute Gasteiger partial charge is 0.337 e. The molecule has 0 aliphatic rings. The van der Waals surface area contributed by atoms with Gasteiger partial charge >= 0.3 is 0 Å². The van der Waals surface area contributed by atoms with Crippen LogP contribution < -0.4 is 0 Å². The van der Waals surface area contributed by atoms with Gasteiger partial charge in [0.2, 0.25) is 5.91 Å². The number of carbonyl (C=O) groups excluding carboxylic acids is 1. The molecule has 0 aliphatic heterocycles. The molecule has 0 atom stereocenters. The van der Waals surface area contributed by atoms with Gasteiger partial charge in [-0.3, -0.25) is 9.78 Å². The molecule has 0 bridgehead atoms. The zero-order valence-corrected chi connectivity index (χ0v) is 15.3. The fraction of sp³-hybridized carbons (Fsp3) is 0.400. The van der Waals surface area contributed by atoms with E-state index in [9.17, 15) is 13.6 Å². The van der Waals surface area contributed by atoms with Crippen molar-refractivity contribution in [1.82, 2.24) is 14.8 Å². The van der Waals surface area contributed by atoms with Crippen LogP contribution in [-0.4, -0.2) is 47.9 Å². The van der Waals surface area contributed by atoms with Gasteiger partial charge in [0.15, 0.2) is 0 Å². The fourth-order valence-electron chi connectivity index (χ4n) is 2.59. The summed E-state index contributed by atoms with van der Waals surface area (Å²) in [4.78, 5) is 20.5. The summed E-state index contributed by atoms with van der Waals surface area (Å²) in [6, 6.07) is 9.18. The van der Waals surface area contributed by atoms with E-state index in [4.69, 9.17) is 0 Å². The SMILES string of the molecule is CN(C)CCN(Cc1ccc(F)cc1F)C(=O)CCCc1ccccn1. The number of benzene rings is 1. The predicted octanol–water partition coefficient (Wildman–Crippen LogP) is 3.27. The average Bonchev–Trinajstić information content (AvgIpc) is 2.61. The van der Waals surface area contributed by atoms with Gasteiger partial charge in [-0.15, -0.1) is 0 Å². The number of pyridine rings is 1. The number of halogens is 2. The summed E-state index contributed by atoms with van der Waals surface area (Å²) in [5.74, 6) is -1.28. The molecule has 0 radical (unpaired) electrons. The molecule has 0 unspecified atom stereocenters. The molecule has 26 heavy (non-hydrogen) atoms. The maximum atomic E-state index is 13.9. The Bertz CT molecular complexity index is 707. The zero-order valence-electron chi connectivity index (χ0n) is 15.3. The first-order chi connectivity index (χ1) is 12.5. The Hall–Kier alpha value is -2.34. The van der Waals surface area contributed by atoms with Gasteiger partial charge in [-0.1, -0.05) is 12.1 Å². The summed E-state index contributed by atoms with van der Waals surface area (Å²) in [7, 11) is 3.84. The summed E-state index contributed by atoms with van der Waals surface area (Å²) < 4.78 is 27.0. The van der Waals surface area contributed by atoms with Gasteiger partial charge in [0.1, 0.15) is 11.6 Å². The van der Waals surface area contributed by atoms with Crippen molar-refractivity contribution in [3.63, 3.8) is 0 Å². The molecule has 0 saturated heterocycles. The van der Waals surface area contributed by atoms with Crippen LogP contribution in [0.5, 0.6) is 0 Å². The molecule has 1 aromatic heterocycles. The second kappa shape index (κ2) is 9.97. The number of aryl methyl sites for hydroxylation is 1. The van der Waals surface area contributed by atoms with Crippen LogP contribution >= 0.6 is 0 Å². The monoisotopic (exact) mass is 361 g/mol. The number of carbonyl (C=O) groups is 1. The molecular formula is C20H25F2N3O. The van der Waals surface area contributed by atoms with Crippen molar-refractivity contribution in [3.05, 3.63) is 65.5 Å². The quantitative estimate of drug-likeness (QED) is 0.688. The molecule has 0 aliphatic carbocycles. The summed E-state index contributed by atoms with van der Waals surface area (Å²) in [6.07, 6.45) is 3.50. The van der Waals surface area contributed by atoms with Crippen molar-refractivity contribution in [2.45, 2.75) is 25.8 Å². The molecule has 2 aromatic rings. The summed E-state index contributed by atoms with van der Waals surface area (Å²) in [5.41, 5.74) is 1.27. The smallest absolute Gasteiger partial charge is 0.222 e. The normalized spacial score (nSPS) is 11.0. The molecule has 1 aromatic carbocycles. The highest BCUT2D eigenvalue weighted by Crippen LogP contribution is 2.14. The first kappa shape index (κ1) is 20.0. The second-order valence-electron chi connectivity index (χ2n) is 6.53. The molecule has 0 N–H and O–H groups in total. The number of amides is 1. The molecule has 0 spiro atoms. The maximum Gasteiger partial charge on any atom is 0.222 e. The van der Waals surface area contributed by atoms with Gasteiger partial charge < -0.3 is 9.80 Å². The van der Waals surface area contributed by atoms with Crippen LogP contribution in [0, 0.1) is 11.6 Å². The summed E-state index contributed by atoms with van der Waals surface area (Å²) >= 11 is 0. The van der Waals surface area contributed by atoms with Crippen LogP contribution in [0.1, 0.15) is 24.1 Å². The first-order valence-corrected chi connectivity index (χ1v) is 8.72. The minimum absolute atomic E-state index is 0.0356. The van der Waals surface area contributed by atoms with Gasteiger partial charge in [-0.05, 0) is 45.1 Å². The minimum Gasteiger partial charge on any atom is -0.337 e. The van der Waals surface area contributed by atoms with E-state index in [1.807, 2.05) is 37.2 Å². The van der Waals surface area contributed by atoms with Crippen LogP contribution in [0.4, 0.5) is 8.78 Å². The van der Waals surface area contributed by atoms with Crippen LogP contribution in [-0.2, 0) is 17.8 Å². The first-order valence-electron chi connectivity index (χ1n) is 8.72. The lowest BCUT2D eigenvalue weighted by molar-refractivity contribution is -0.132. The number of nitrogens with zero attached hydrogens (tertiary/aromatic N) is 3. The number of likely N-dealkylation sites (N-methyl/N-ethyl adjacent to an activating group) is 1. The van der Waals surface area contributed by atoms with Crippen LogP contribution in [0.25, 0.3) is 0 Å². The van der Waals surface area contributed by atoms with Crippen LogP contribution in [0.3, 0.4) is 0 Å². The molecular weight excluding hydrogens is 336 g/mol. The number of hydrogen-bond donors (Lipinski definition) is 0. The van der Waals surface area contributed by atoms with Gasteiger partial charge in [0.25, 0.3) is 0 Å². The average molecular weight is 361 g/mol. The third-order valence-electron chi connectivity index (χ3n) is 4.10. The van der Waals surface area contributed by atoms with Crippen molar-refractivity contribution >= 4 is 5.91 Å². The van der Waals surface area contributed by atoms with E-state index in [0.717, 1.165) is 18.2 Å². The zero-order chi connectivity index (χ0) is 18.9. The molecule has 2 rings (SSSR count). The highest BCUT2D eigenvalue weighted by atomic mass is 19.1. The Morgan fingerprint density at radius 3 is 2.58 bits per heavy atom. The van der Waals surface area contributed by atoms with Crippen molar-refractivity contribution in [2.24, 2.45) is 0 Å². The molecule has 4 nitrogen and oxygen atoms in total. The van der Waals surface area contributed by atoms with Crippen LogP contribution in [0.15, 0.2) is 42.6 Å². The van der Waals surface area contributed by atoms with Gasteiger partial charge in [-0.25, -0.2) is 8.78 Å². The van der Waals surface area contributed by atoms with Gasteiger partial charge in [0.05, 0.1) is 0 Å². The predicted molar refractivity (Wildman–Crippen MR) is 97.5 cm³/mol. The maximum absolute atomic E-state index is 13.9. The molecule has 1 amide bonds. The van der Waals surface area contributed by atoms with Gasteiger partial charge in [0, 0.05) is 49.6 Å². The van der Waals surface area contributed by atoms with Crippen molar-refractivity contribution in [3.8, 4) is 0 Å². The Balaban J connectivity index is 1.97. The van der Waals surface area contributed by atoms with Crippen molar-refractivity contribution < 1.29 is 13.6 Å². The molecule has 0 saturated carbocycles. The standard InChI is InChI=1S/C20H25F2N3O/c1-24(2)12-13-25(15-16-9-10-17(21)14-19(16)22)20(26)8-5-7-18-6-3-4-11-23-18/h3-4,6,9-11,14H,5,7-8,12-13,15H2,1-2H3. The van der Waals surface area contributed by atoms with E-state index >= 15 is 0 Å². The van der Waals surface area contributed by atoms with E-state index in [0.29, 0.717) is 31.5 Å². The Labute approximate surface area is 153 Å². The number of rotatable bonds is 9. The fourth-order valence-corrected chi connectivity index (χ4v) is 2.59. The minimum atomic E-state index is -0.624. The topological polar surface area (TPSA) is 36.4 Å². The van der Waals surface area contributed by atoms with Crippen LogP contribution in [0.2, 0.25) is 0 Å².